The summed E-state index contributed by atoms with van der Waals surface area (Å²) in [4.78, 5) is 0. The van der Waals surface area contributed by atoms with Crippen molar-refractivity contribution >= 4 is 0 Å². The molecule has 0 amide bonds. The number of rotatable bonds is 5. The third kappa shape index (κ3) is 1.87. The molecule has 0 aromatic carbocycles. The van der Waals surface area contributed by atoms with Gasteiger partial charge in [-0.05, 0) is 25.2 Å². The standard InChI is InChI=1S/C10H22N2O/c1-4-8(2)9(12-11)10(13-3)6-5-7-10/h8-9,12H,4-7,11H2,1-3H3. The van der Waals surface area contributed by atoms with Gasteiger partial charge in [0, 0.05) is 7.11 Å². The van der Waals surface area contributed by atoms with E-state index < -0.39 is 0 Å². The van der Waals surface area contributed by atoms with E-state index in [1.807, 2.05) is 0 Å². The fraction of sp³-hybridized carbons (Fsp3) is 1.00. The molecule has 13 heavy (non-hydrogen) atoms. The summed E-state index contributed by atoms with van der Waals surface area (Å²) < 4.78 is 5.61. The molecular formula is C10H22N2O. The van der Waals surface area contributed by atoms with E-state index in [9.17, 15) is 0 Å². The summed E-state index contributed by atoms with van der Waals surface area (Å²) in [5.74, 6) is 6.16. The summed E-state index contributed by atoms with van der Waals surface area (Å²) >= 11 is 0. The second kappa shape index (κ2) is 4.40. The first-order valence-electron chi connectivity index (χ1n) is 5.21. The predicted octanol–water partition coefficient (Wildman–Crippen LogP) is 1.43. The molecule has 0 spiro atoms. The van der Waals surface area contributed by atoms with Crippen LogP contribution in [0.3, 0.4) is 0 Å². The van der Waals surface area contributed by atoms with Crippen LogP contribution in [0.5, 0.6) is 0 Å². The van der Waals surface area contributed by atoms with Crippen molar-refractivity contribution in [3.05, 3.63) is 0 Å². The highest BCUT2D eigenvalue weighted by atomic mass is 16.5. The molecule has 3 nitrogen and oxygen atoms in total. The molecule has 3 heteroatoms. The maximum Gasteiger partial charge on any atom is 0.0847 e. The van der Waals surface area contributed by atoms with Crippen LogP contribution in [0.4, 0.5) is 0 Å². The van der Waals surface area contributed by atoms with Crippen LogP contribution in [0.15, 0.2) is 0 Å². The molecule has 1 aliphatic rings. The maximum atomic E-state index is 5.61. The fourth-order valence-corrected chi connectivity index (χ4v) is 2.24. The lowest BCUT2D eigenvalue weighted by molar-refractivity contribution is -0.110. The van der Waals surface area contributed by atoms with Gasteiger partial charge in [0.15, 0.2) is 0 Å². The normalized spacial score (nSPS) is 24.9. The van der Waals surface area contributed by atoms with Gasteiger partial charge in [0.25, 0.3) is 0 Å². The van der Waals surface area contributed by atoms with E-state index in [0.717, 1.165) is 19.3 Å². The minimum Gasteiger partial charge on any atom is -0.377 e. The molecule has 1 rings (SSSR count). The Morgan fingerprint density at radius 3 is 2.38 bits per heavy atom. The molecule has 0 aromatic rings. The van der Waals surface area contributed by atoms with Crippen molar-refractivity contribution in [2.75, 3.05) is 7.11 Å². The molecular weight excluding hydrogens is 164 g/mol. The second-order valence-electron chi connectivity index (χ2n) is 4.15. The molecule has 1 aliphatic carbocycles. The highest BCUT2D eigenvalue weighted by Crippen LogP contribution is 2.40. The first kappa shape index (κ1) is 11.0. The van der Waals surface area contributed by atoms with Gasteiger partial charge in [-0.3, -0.25) is 11.3 Å². The second-order valence-corrected chi connectivity index (χ2v) is 4.15. The smallest absolute Gasteiger partial charge is 0.0847 e. The lowest BCUT2D eigenvalue weighted by atomic mass is 9.70. The highest BCUT2D eigenvalue weighted by Gasteiger charge is 2.45. The van der Waals surface area contributed by atoms with Crippen molar-refractivity contribution in [2.45, 2.75) is 51.2 Å². The molecule has 2 atom stereocenters. The van der Waals surface area contributed by atoms with Crippen LogP contribution in [0, 0.1) is 5.92 Å². The van der Waals surface area contributed by atoms with Crippen LogP contribution in [0.2, 0.25) is 0 Å². The fourth-order valence-electron chi connectivity index (χ4n) is 2.24. The summed E-state index contributed by atoms with van der Waals surface area (Å²) in [7, 11) is 1.80. The first-order chi connectivity index (χ1) is 6.20. The lowest BCUT2D eigenvalue weighted by Crippen LogP contribution is -2.60. The van der Waals surface area contributed by atoms with E-state index >= 15 is 0 Å². The molecule has 0 aliphatic heterocycles. The number of nitrogens with two attached hydrogens (primary N) is 1. The summed E-state index contributed by atoms with van der Waals surface area (Å²) in [6.45, 7) is 4.42. The number of hydrazine groups is 1. The van der Waals surface area contributed by atoms with Crippen molar-refractivity contribution in [3.8, 4) is 0 Å². The Morgan fingerprint density at radius 1 is 1.54 bits per heavy atom. The Hall–Kier alpha value is -0.120. The van der Waals surface area contributed by atoms with Crippen molar-refractivity contribution in [2.24, 2.45) is 11.8 Å². The van der Waals surface area contributed by atoms with E-state index in [-0.39, 0.29) is 5.60 Å². The van der Waals surface area contributed by atoms with Gasteiger partial charge in [-0.25, -0.2) is 0 Å². The Bertz CT molecular complexity index is 151. The summed E-state index contributed by atoms with van der Waals surface area (Å²) in [6.07, 6.45) is 4.69. The summed E-state index contributed by atoms with van der Waals surface area (Å²) in [6, 6.07) is 0.302. The minimum atomic E-state index is 0.0180. The predicted molar refractivity (Wildman–Crippen MR) is 54.2 cm³/mol. The molecule has 0 saturated heterocycles. The minimum absolute atomic E-state index is 0.0180. The Morgan fingerprint density at radius 2 is 2.15 bits per heavy atom. The van der Waals surface area contributed by atoms with Crippen LogP contribution in [-0.2, 0) is 4.74 Å². The quantitative estimate of drug-likeness (QED) is 0.504. The lowest BCUT2D eigenvalue weighted by Gasteiger charge is -2.48. The summed E-state index contributed by atoms with van der Waals surface area (Å²) in [5, 5.41) is 0. The van der Waals surface area contributed by atoms with Crippen LogP contribution >= 0.6 is 0 Å². The van der Waals surface area contributed by atoms with Gasteiger partial charge < -0.3 is 4.74 Å². The van der Waals surface area contributed by atoms with Crippen molar-refractivity contribution in [1.82, 2.24) is 5.43 Å². The Balaban J connectivity index is 2.63. The van der Waals surface area contributed by atoms with Gasteiger partial charge in [-0.2, -0.15) is 0 Å². The molecule has 0 heterocycles. The number of hydrogen-bond acceptors (Lipinski definition) is 3. The van der Waals surface area contributed by atoms with E-state index in [1.54, 1.807) is 7.11 Å². The van der Waals surface area contributed by atoms with Gasteiger partial charge in [-0.15, -0.1) is 0 Å². The zero-order valence-electron chi connectivity index (χ0n) is 8.97. The molecule has 0 bridgehead atoms. The van der Waals surface area contributed by atoms with Gasteiger partial charge in [-0.1, -0.05) is 20.3 Å². The molecule has 1 fully saturated rings. The Labute approximate surface area is 81.0 Å². The zero-order chi connectivity index (χ0) is 9.90. The van der Waals surface area contributed by atoms with Crippen LogP contribution in [-0.4, -0.2) is 18.8 Å². The zero-order valence-corrected chi connectivity index (χ0v) is 8.97. The van der Waals surface area contributed by atoms with E-state index in [2.05, 4.69) is 19.3 Å². The third-order valence-electron chi connectivity index (χ3n) is 3.57. The van der Waals surface area contributed by atoms with Crippen molar-refractivity contribution < 1.29 is 4.74 Å². The van der Waals surface area contributed by atoms with Crippen molar-refractivity contribution in [3.63, 3.8) is 0 Å². The average Bonchev–Trinajstić information content (AvgIpc) is 2.10. The average molecular weight is 186 g/mol. The monoisotopic (exact) mass is 186 g/mol. The number of hydrogen-bond donors (Lipinski definition) is 2. The van der Waals surface area contributed by atoms with Crippen LogP contribution in [0.25, 0.3) is 0 Å². The highest BCUT2D eigenvalue weighted by molar-refractivity contribution is 5.00. The maximum absolute atomic E-state index is 5.61. The van der Waals surface area contributed by atoms with E-state index in [1.165, 1.54) is 6.42 Å². The molecule has 0 aromatic heterocycles. The van der Waals surface area contributed by atoms with Crippen LogP contribution in [0.1, 0.15) is 39.5 Å². The van der Waals surface area contributed by atoms with Gasteiger partial charge in [0.1, 0.15) is 0 Å². The Kier molecular flexibility index (Phi) is 3.71. The summed E-state index contributed by atoms with van der Waals surface area (Å²) in [5.41, 5.74) is 2.94. The number of ether oxygens (including phenoxy) is 1. The van der Waals surface area contributed by atoms with E-state index in [0.29, 0.717) is 12.0 Å². The van der Waals surface area contributed by atoms with Gasteiger partial charge >= 0.3 is 0 Å². The first-order valence-corrected chi connectivity index (χ1v) is 5.21. The van der Waals surface area contributed by atoms with Gasteiger partial charge in [0.05, 0.1) is 11.6 Å². The largest absolute Gasteiger partial charge is 0.377 e. The number of nitrogens with one attached hydrogen (secondary N) is 1. The molecule has 78 valence electrons. The number of methoxy groups -OCH3 is 1. The molecule has 0 radical (unpaired) electrons. The van der Waals surface area contributed by atoms with Crippen molar-refractivity contribution in [1.29, 1.82) is 0 Å². The van der Waals surface area contributed by atoms with Gasteiger partial charge in [0.2, 0.25) is 0 Å². The van der Waals surface area contributed by atoms with Crippen LogP contribution < -0.4 is 11.3 Å². The molecule has 3 N–H and O–H groups in total. The molecule has 2 unspecified atom stereocenters. The topological polar surface area (TPSA) is 47.3 Å². The SMILES string of the molecule is CCC(C)C(NN)C1(OC)CCC1. The van der Waals surface area contributed by atoms with E-state index in [4.69, 9.17) is 10.6 Å². The third-order valence-corrected chi connectivity index (χ3v) is 3.57. The molecule has 1 saturated carbocycles.